The van der Waals surface area contributed by atoms with Gasteiger partial charge in [0.1, 0.15) is 5.82 Å². The van der Waals surface area contributed by atoms with E-state index in [0.717, 1.165) is 12.8 Å². The Morgan fingerprint density at radius 3 is 2.67 bits per heavy atom. The number of fused-ring (bicyclic) bond motifs is 1. The Kier molecular flexibility index (Phi) is 6.24. The monoisotopic (exact) mass is 385 g/mol. The van der Waals surface area contributed by atoms with E-state index < -0.39 is 0 Å². The molecule has 1 N–H and O–H groups in total. The smallest absolute Gasteiger partial charge is 0.262 e. The van der Waals surface area contributed by atoms with Crippen LogP contribution in [0.1, 0.15) is 19.8 Å². The first kappa shape index (κ1) is 19.1. The molecule has 27 heavy (non-hydrogen) atoms. The number of halogens is 1. The van der Waals surface area contributed by atoms with Gasteiger partial charge >= 0.3 is 0 Å². The molecule has 7 heteroatoms. The highest BCUT2D eigenvalue weighted by Gasteiger charge is 2.13. The molecule has 0 saturated carbocycles. The van der Waals surface area contributed by atoms with E-state index in [9.17, 15) is 14.0 Å². The van der Waals surface area contributed by atoms with Crippen LogP contribution in [0.2, 0.25) is 0 Å². The van der Waals surface area contributed by atoms with E-state index in [4.69, 9.17) is 0 Å². The van der Waals surface area contributed by atoms with Crippen molar-refractivity contribution in [3.05, 3.63) is 64.7 Å². The summed E-state index contributed by atoms with van der Waals surface area (Å²) in [4.78, 5) is 29.6. The van der Waals surface area contributed by atoms with Gasteiger partial charge in [-0.05, 0) is 42.8 Å². The van der Waals surface area contributed by atoms with Crippen molar-refractivity contribution in [1.82, 2.24) is 9.55 Å². The van der Waals surface area contributed by atoms with Crippen molar-refractivity contribution in [2.24, 2.45) is 0 Å². The number of nitrogens with zero attached hydrogens (tertiary/aromatic N) is 2. The molecule has 2 aromatic carbocycles. The predicted octanol–water partition coefficient (Wildman–Crippen LogP) is 4.07. The SMILES string of the molecule is CCCCn1c(SCC(=O)Nc2ccc(F)cc2)nc2ccccc2c1=O. The lowest BCUT2D eigenvalue weighted by molar-refractivity contribution is -0.113. The Hall–Kier alpha value is -2.67. The van der Waals surface area contributed by atoms with Crippen LogP contribution in [0.25, 0.3) is 10.9 Å². The number of carbonyl (C=O) groups is 1. The van der Waals surface area contributed by atoms with Crippen LogP contribution in [-0.4, -0.2) is 21.2 Å². The molecule has 3 rings (SSSR count). The number of thioether (sulfide) groups is 1. The van der Waals surface area contributed by atoms with Crippen molar-refractivity contribution in [3.63, 3.8) is 0 Å². The van der Waals surface area contributed by atoms with Gasteiger partial charge in [-0.1, -0.05) is 37.2 Å². The van der Waals surface area contributed by atoms with Crippen LogP contribution in [0.5, 0.6) is 0 Å². The lowest BCUT2D eigenvalue weighted by atomic mass is 10.2. The van der Waals surface area contributed by atoms with Gasteiger partial charge in [-0.2, -0.15) is 0 Å². The molecule has 140 valence electrons. The highest BCUT2D eigenvalue weighted by Crippen LogP contribution is 2.19. The second-order valence-electron chi connectivity index (χ2n) is 6.07. The average molecular weight is 385 g/mol. The lowest BCUT2D eigenvalue weighted by Gasteiger charge is -2.12. The zero-order chi connectivity index (χ0) is 19.2. The summed E-state index contributed by atoms with van der Waals surface area (Å²) in [5.74, 6) is -0.493. The van der Waals surface area contributed by atoms with Gasteiger partial charge in [0.05, 0.1) is 16.7 Å². The van der Waals surface area contributed by atoms with Crippen LogP contribution in [-0.2, 0) is 11.3 Å². The third-order valence-electron chi connectivity index (χ3n) is 4.02. The van der Waals surface area contributed by atoms with Gasteiger partial charge in [0.15, 0.2) is 5.16 Å². The fraction of sp³-hybridized carbons (Fsp3) is 0.250. The summed E-state index contributed by atoms with van der Waals surface area (Å²) in [5.41, 5.74) is 1.06. The zero-order valence-corrected chi connectivity index (χ0v) is 15.8. The van der Waals surface area contributed by atoms with Crippen molar-refractivity contribution in [2.75, 3.05) is 11.1 Å². The van der Waals surface area contributed by atoms with Crippen LogP contribution in [0, 0.1) is 5.82 Å². The van der Waals surface area contributed by atoms with Gasteiger partial charge in [0, 0.05) is 12.2 Å². The highest BCUT2D eigenvalue weighted by atomic mass is 32.2. The molecule has 0 aliphatic heterocycles. The fourth-order valence-corrected chi connectivity index (χ4v) is 3.46. The molecule has 0 aliphatic rings. The van der Waals surface area contributed by atoms with Gasteiger partial charge < -0.3 is 5.32 Å². The second-order valence-corrected chi connectivity index (χ2v) is 7.01. The van der Waals surface area contributed by atoms with E-state index in [1.54, 1.807) is 16.7 Å². The van der Waals surface area contributed by atoms with E-state index in [0.29, 0.717) is 28.3 Å². The molecule has 1 amide bonds. The molecule has 0 atom stereocenters. The summed E-state index contributed by atoms with van der Waals surface area (Å²) >= 11 is 1.22. The number of unbranched alkanes of at least 4 members (excludes halogenated alkanes) is 1. The Labute approximate surface area is 160 Å². The largest absolute Gasteiger partial charge is 0.325 e. The van der Waals surface area contributed by atoms with E-state index in [2.05, 4.69) is 17.2 Å². The minimum Gasteiger partial charge on any atom is -0.325 e. The molecule has 0 unspecified atom stereocenters. The molecule has 1 heterocycles. The average Bonchev–Trinajstić information content (AvgIpc) is 2.68. The van der Waals surface area contributed by atoms with Crippen molar-refractivity contribution in [1.29, 1.82) is 0 Å². The molecule has 0 aliphatic carbocycles. The first-order valence-electron chi connectivity index (χ1n) is 8.76. The normalized spacial score (nSPS) is 10.9. The quantitative estimate of drug-likeness (QED) is 0.492. The summed E-state index contributed by atoms with van der Waals surface area (Å²) < 4.78 is 14.6. The first-order valence-corrected chi connectivity index (χ1v) is 9.75. The van der Waals surface area contributed by atoms with Crippen LogP contribution < -0.4 is 10.9 Å². The van der Waals surface area contributed by atoms with Crippen LogP contribution in [0.15, 0.2) is 58.5 Å². The first-order chi connectivity index (χ1) is 13.1. The summed E-state index contributed by atoms with van der Waals surface area (Å²) in [6, 6.07) is 12.8. The van der Waals surface area contributed by atoms with Gasteiger partial charge in [-0.15, -0.1) is 0 Å². The number of amides is 1. The number of hydrogen-bond donors (Lipinski definition) is 1. The van der Waals surface area contributed by atoms with Crippen molar-refractivity contribution < 1.29 is 9.18 Å². The van der Waals surface area contributed by atoms with Gasteiger partial charge in [0.2, 0.25) is 5.91 Å². The van der Waals surface area contributed by atoms with Crippen molar-refractivity contribution >= 4 is 34.3 Å². The number of carbonyl (C=O) groups excluding carboxylic acids is 1. The van der Waals surface area contributed by atoms with E-state index >= 15 is 0 Å². The number of hydrogen-bond acceptors (Lipinski definition) is 4. The fourth-order valence-electron chi connectivity index (χ4n) is 2.63. The third kappa shape index (κ3) is 4.74. The number of anilines is 1. The van der Waals surface area contributed by atoms with Crippen molar-refractivity contribution in [2.45, 2.75) is 31.5 Å². The minimum absolute atomic E-state index is 0.0875. The predicted molar refractivity (Wildman–Crippen MR) is 107 cm³/mol. The Morgan fingerprint density at radius 2 is 1.93 bits per heavy atom. The molecule has 0 radical (unpaired) electrons. The highest BCUT2D eigenvalue weighted by molar-refractivity contribution is 7.99. The summed E-state index contributed by atoms with van der Waals surface area (Å²) in [6.45, 7) is 2.62. The second kappa shape index (κ2) is 8.81. The Morgan fingerprint density at radius 1 is 1.19 bits per heavy atom. The number of para-hydroxylation sites is 1. The molecule has 0 fully saturated rings. The number of nitrogens with one attached hydrogen (secondary N) is 1. The molecule has 0 spiro atoms. The molecule has 5 nitrogen and oxygen atoms in total. The molecular formula is C20H20FN3O2S. The maximum atomic E-state index is 12.9. The molecule has 1 aromatic heterocycles. The van der Waals surface area contributed by atoms with Crippen molar-refractivity contribution in [3.8, 4) is 0 Å². The van der Waals surface area contributed by atoms with E-state index in [1.165, 1.54) is 36.0 Å². The maximum Gasteiger partial charge on any atom is 0.262 e. The minimum atomic E-state index is -0.359. The number of benzene rings is 2. The molecule has 3 aromatic rings. The summed E-state index contributed by atoms with van der Waals surface area (Å²) in [7, 11) is 0. The molecule has 0 bridgehead atoms. The standard InChI is InChI=1S/C20H20FN3O2S/c1-2-3-12-24-19(26)16-6-4-5-7-17(16)23-20(24)27-13-18(25)22-15-10-8-14(21)9-11-15/h4-11H,2-3,12-13H2,1H3,(H,22,25). The number of aromatic nitrogens is 2. The lowest BCUT2D eigenvalue weighted by Crippen LogP contribution is -2.24. The van der Waals surface area contributed by atoms with Crippen LogP contribution in [0.4, 0.5) is 10.1 Å². The third-order valence-corrected chi connectivity index (χ3v) is 5.00. The van der Waals surface area contributed by atoms with E-state index in [1.807, 2.05) is 12.1 Å². The Bertz CT molecular complexity index is 1000. The number of rotatable bonds is 7. The Balaban J connectivity index is 1.79. The van der Waals surface area contributed by atoms with Crippen LogP contribution in [0.3, 0.4) is 0 Å². The zero-order valence-electron chi connectivity index (χ0n) is 14.9. The maximum absolute atomic E-state index is 12.9. The topological polar surface area (TPSA) is 64.0 Å². The molecule has 0 saturated heterocycles. The van der Waals surface area contributed by atoms with Gasteiger partial charge in [-0.25, -0.2) is 9.37 Å². The van der Waals surface area contributed by atoms with Crippen LogP contribution >= 0.6 is 11.8 Å². The summed E-state index contributed by atoms with van der Waals surface area (Å²) in [6.07, 6.45) is 1.81. The van der Waals surface area contributed by atoms with Gasteiger partial charge in [0.25, 0.3) is 5.56 Å². The van der Waals surface area contributed by atoms with Gasteiger partial charge in [-0.3, -0.25) is 14.2 Å². The summed E-state index contributed by atoms with van der Waals surface area (Å²) in [5, 5.41) is 3.82. The molecular weight excluding hydrogens is 365 g/mol. The van der Waals surface area contributed by atoms with E-state index in [-0.39, 0.29) is 23.0 Å².